The summed E-state index contributed by atoms with van der Waals surface area (Å²) in [7, 11) is 0. The van der Waals surface area contributed by atoms with Gasteiger partial charge in [0.05, 0.1) is 12.2 Å². The molecular weight excluding hydrogens is 522 g/mol. The molecule has 0 aliphatic carbocycles. The zero-order valence-corrected chi connectivity index (χ0v) is 26.0. The Kier molecular flexibility index (Phi) is 11.1. The van der Waals surface area contributed by atoms with E-state index in [0.29, 0.717) is 47.9 Å². The summed E-state index contributed by atoms with van der Waals surface area (Å²) in [4.78, 5) is 14.5. The minimum absolute atomic E-state index is 0.0646. The summed E-state index contributed by atoms with van der Waals surface area (Å²) in [5, 5.41) is 11.0. The van der Waals surface area contributed by atoms with Gasteiger partial charge in [-0.05, 0) is 63.3 Å². The van der Waals surface area contributed by atoms with Gasteiger partial charge in [0.2, 0.25) is 0 Å². The first-order valence-corrected chi connectivity index (χ1v) is 15.2. The fourth-order valence-corrected chi connectivity index (χ4v) is 5.16. The number of aryl methyl sites for hydroxylation is 4. The Hall–Kier alpha value is -3.77. The molecule has 0 aliphatic rings. The number of phenolic OH excluding ortho intramolecular Hbond substituents is 1. The van der Waals surface area contributed by atoms with Crippen molar-refractivity contribution >= 4 is 0 Å². The van der Waals surface area contributed by atoms with Crippen molar-refractivity contribution in [3.05, 3.63) is 76.9 Å². The second-order valence-corrected chi connectivity index (χ2v) is 11.3. The molecule has 4 rings (SSSR count). The van der Waals surface area contributed by atoms with Crippen LogP contribution in [-0.2, 0) is 4.74 Å². The summed E-state index contributed by atoms with van der Waals surface area (Å²) in [6, 6.07) is 17.8. The zero-order chi connectivity index (χ0) is 30.1. The predicted molar refractivity (Wildman–Crippen MR) is 171 cm³/mol. The summed E-state index contributed by atoms with van der Waals surface area (Å²) >= 11 is 0. The molecule has 0 radical (unpaired) electrons. The average molecular weight is 568 g/mol. The lowest BCUT2D eigenvalue weighted by Gasteiger charge is -2.15. The average Bonchev–Trinajstić information content (AvgIpc) is 2.96. The van der Waals surface area contributed by atoms with Crippen molar-refractivity contribution in [2.45, 2.75) is 73.6 Å². The molecule has 0 amide bonds. The van der Waals surface area contributed by atoms with Crippen LogP contribution in [0.25, 0.3) is 34.2 Å². The van der Waals surface area contributed by atoms with E-state index in [0.717, 1.165) is 41.7 Å². The molecule has 1 unspecified atom stereocenters. The summed E-state index contributed by atoms with van der Waals surface area (Å²) < 4.78 is 11.8. The van der Waals surface area contributed by atoms with Gasteiger partial charge in [-0.15, -0.1) is 0 Å². The molecule has 0 spiro atoms. The van der Waals surface area contributed by atoms with Crippen molar-refractivity contribution in [1.29, 1.82) is 0 Å². The van der Waals surface area contributed by atoms with Crippen LogP contribution in [-0.4, -0.2) is 39.9 Å². The molecule has 1 N–H and O–H groups in total. The van der Waals surface area contributed by atoms with E-state index in [9.17, 15) is 5.11 Å². The fraction of sp³-hybridized carbons (Fsp3) is 0.417. The van der Waals surface area contributed by atoms with Crippen LogP contribution >= 0.6 is 0 Å². The lowest BCUT2D eigenvalue weighted by atomic mass is 10.0. The van der Waals surface area contributed by atoms with Crippen LogP contribution in [0.4, 0.5) is 0 Å². The van der Waals surface area contributed by atoms with Crippen LogP contribution in [0.3, 0.4) is 0 Å². The number of hydrogen-bond acceptors (Lipinski definition) is 6. The molecule has 1 aromatic heterocycles. The zero-order valence-electron chi connectivity index (χ0n) is 26.0. The first kappa shape index (κ1) is 31.2. The topological polar surface area (TPSA) is 77.4 Å². The van der Waals surface area contributed by atoms with Gasteiger partial charge in [0, 0.05) is 36.8 Å². The fourth-order valence-electron chi connectivity index (χ4n) is 5.16. The summed E-state index contributed by atoms with van der Waals surface area (Å²) in [5.41, 5.74) is 6.93. The molecule has 4 aromatic rings. The molecular formula is C36H45N3O3. The van der Waals surface area contributed by atoms with E-state index in [2.05, 4.69) is 65.8 Å². The van der Waals surface area contributed by atoms with Gasteiger partial charge in [-0.25, -0.2) is 15.0 Å². The van der Waals surface area contributed by atoms with Gasteiger partial charge in [-0.3, -0.25) is 0 Å². The standard InChI is InChI=1S/C36H45N3O3/c1-7-9-11-28(8-2)23-41-18-10-19-42-29-14-17-32(33(40)22-29)36-38-34(30-15-12-24(3)20-26(30)5)37-35(39-36)31-16-13-25(4)21-27(31)6/h12-17,20-22,28,40H,7-11,18-19,23H2,1-6H3. The molecule has 1 atom stereocenters. The van der Waals surface area contributed by atoms with E-state index < -0.39 is 0 Å². The second kappa shape index (κ2) is 14.9. The molecule has 6 nitrogen and oxygen atoms in total. The molecule has 0 fully saturated rings. The lowest BCUT2D eigenvalue weighted by molar-refractivity contribution is 0.0842. The molecule has 0 saturated carbocycles. The highest BCUT2D eigenvalue weighted by Crippen LogP contribution is 2.34. The van der Waals surface area contributed by atoms with E-state index in [1.54, 1.807) is 6.07 Å². The second-order valence-electron chi connectivity index (χ2n) is 11.3. The quantitative estimate of drug-likeness (QED) is 0.153. The van der Waals surface area contributed by atoms with Gasteiger partial charge in [0.1, 0.15) is 11.5 Å². The van der Waals surface area contributed by atoms with E-state index in [1.165, 1.54) is 30.4 Å². The third kappa shape index (κ3) is 8.16. The lowest BCUT2D eigenvalue weighted by Crippen LogP contribution is -2.11. The van der Waals surface area contributed by atoms with Crippen LogP contribution in [0.5, 0.6) is 11.5 Å². The normalized spacial score (nSPS) is 12.0. The number of benzene rings is 3. The van der Waals surface area contributed by atoms with Gasteiger partial charge in [-0.2, -0.15) is 0 Å². The molecule has 0 aliphatic heterocycles. The number of aromatic nitrogens is 3. The number of rotatable bonds is 14. The minimum atomic E-state index is 0.0646. The highest BCUT2D eigenvalue weighted by atomic mass is 16.5. The number of unbranched alkanes of at least 4 members (excludes halogenated alkanes) is 1. The van der Waals surface area contributed by atoms with Crippen LogP contribution in [0.2, 0.25) is 0 Å². The first-order chi connectivity index (χ1) is 20.3. The maximum absolute atomic E-state index is 11.0. The largest absolute Gasteiger partial charge is 0.507 e. The van der Waals surface area contributed by atoms with E-state index >= 15 is 0 Å². The number of hydrogen-bond donors (Lipinski definition) is 1. The molecule has 0 saturated heterocycles. The van der Waals surface area contributed by atoms with Crippen molar-refractivity contribution in [2.75, 3.05) is 19.8 Å². The molecule has 1 heterocycles. The van der Waals surface area contributed by atoms with Crippen molar-refractivity contribution in [3.8, 4) is 45.7 Å². The molecule has 0 bridgehead atoms. The number of phenols is 1. The molecule has 222 valence electrons. The maximum Gasteiger partial charge on any atom is 0.167 e. The van der Waals surface area contributed by atoms with Crippen LogP contribution < -0.4 is 4.74 Å². The van der Waals surface area contributed by atoms with Gasteiger partial charge in [0.25, 0.3) is 0 Å². The summed E-state index contributed by atoms with van der Waals surface area (Å²) in [6.07, 6.45) is 5.66. The van der Waals surface area contributed by atoms with E-state index in [4.69, 9.17) is 24.4 Å². The summed E-state index contributed by atoms with van der Waals surface area (Å²) in [6.45, 7) is 14.7. The number of nitrogens with zero attached hydrogens (tertiary/aromatic N) is 3. The van der Waals surface area contributed by atoms with Crippen molar-refractivity contribution < 1.29 is 14.6 Å². The Morgan fingerprint density at radius 1 is 0.690 bits per heavy atom. The monoisotopic (exact) mass is 567 g/mol. The van der Waals surface area contributed by atoms with E-state index in [1.807, 2.05) is 24.3 Å². The number of ether oxygens (including phenoxy) is 2. The third-order valence-corrected chi connectivity index (χ3v) is 7.69. The van der Waals surface area contributed by atoms with E-state index in [-0.39, 0.29) is 5.75 Å². The Morgan fingerprint density at radius 2 is 1.26 bits per heavy atom. The van der Waals surface area contributed by atoms with Crippen LogP contribution in [0.15, 0.2) is 54.6 Å². The maximum atomic E-state index is 11.0. The molecule has 3 aromatic carbocycles. The van der Waals surface area contributed by atoms with Crippen molar-refractivity contribution in [3.63, 3.8) is 0 Å². The predicted octanol–water partition coefficient (Wildman–Crippen LogP) is 8.81. The minimum Gasteiger partial charge on any atom is -0.507 e. The van der Waals surface area contributed by atoms with Crippen LogP contribution in [0, 0.1) is 33.6 Å². The van der Waals surface area contributed by atoms with Crippen molar-refractivity contribution in [2.24, 2.45) is 5.92 Å². The highest BCUT2D eigenvalue weighted by Gasteiger charge is 2.17. The van der Waals surface area contributed by atoms with Gasteiger partial charge in [0.15, 0.2) is 17.5 Å². The Bertz CT molecular complexity index is 1410. The van der Waals surface area contributed by atoms with Gasteiger partial charge >= 0.3 is 0 Å². The molecule has 42 heavy (non-hydrogen) atoms. The highest BCUT2D eigenvalue weighted by molar-refractivity contribution is 5.72. The Morgan fingerprint density at radius 3 is 1.79 bits per heavy atom. The Balaban J connectivity index is 1.52. The smallest absolute Gasteiger partial charge is 0.167 e. The first-order valence-electron chi connectivity index (χ1n) is 15.2. The molecule has 6 heteroatoms. The third-order valence-electron chi connectivity index (χ3n) is 7.69. The van der Waals surface area contributed by atoms with Gasteiger partial charge < -0.3 is 14.6 Å². The number of aromatic hydroxyl groups is 1. The van der Waals surface area contributed by atoms with Gasteiger partial charge in [-0.1, -0.05) is 80.6 Å². The van der Waals surface area contributed by atoms with Crippen LogP contribution in [0.1, 0.15) is 68.2 Å². The SMILES string of the molecule is CCCCC(CC)COCCCOc1ccc(-c2nc(-c3ccc(C)cc3C)nc(-c3ccc(C)cc3C)n2)c(O)c1. The van der Waals surface area contributed by atoms with Crippen molar-refractivity contribution in [1.82, 2.24) is 15.0 Å². The summed E-state index contributed by atoms with van der Waals surface area (Å²) in [5.74, 6) is 2.87. The Labute approximate surface area is 251 Å².